The summed E-state index contributed by atoms with van der Waals surface area (Å²) in [5.74, 6) is 0.167. The van der Waals surface area contributed by atoms with Crippen molar-refractivity contribution in [3.05, 3.63) is 0 Å². The van der Waals surface area contributed by atoms with E-state index in [1.54, 1.807) is 13.8 Å². The lowest BCUT2D eigenvalue weighted by Gasteiger charge is -1.80. The molecule has 0 atom stereocenters. The molecule has 58 valence electrons. The first-order valence-electron chi connectivity index (χ1n) is 2.62. The number of carbonyl (C=O) groups is 1. The molecule has 3 N–H and O–H groups in total. The Labute approximate surface area is 56.0 Å². The van der Waals surface area contributed by atoms with E-state index < -0.39 is 0 Å². The summed E-state index contributed by atoms with van der Waals surface area (Å²) in [6.45, 7) is 6.50. The maximum Gasteiger partial charge on any atom is 0.126 e. The molecular weight excluding hydrogens is 120 g/mol. The van der Waals surface area contributed by atoms with Crippen LogP contribution in [0.5, 0.6) is 0 Å². The number of hydrogen-bond donors (Lipinski definition) is 1. The van der Waals surface area contributed by atoms with Gasteiger partial charge in [-0.2, -0.15) is 0 Å². The van der Waals surface area contributed by atoms with Crippen LogP contribution in [0.25, 0.3) is 0 Å². The van der Waals surface area contributed by atoms with Crippen molar-refractivity contribution in [3.8, 4) is 0 Å². The molecule has 0 aliphatic carbocycles. The van der Waals surface area contributed by atoms with Crippen molar-refractivity contribution < 1.29 is 15.4 Å². The van der Waals surface area contributed by atoms with Gasteiger partial charge in [0.25, 0.3) is 0 Å². The van der Waals surface area contributed by atoms with E-state index in [4.69, 9.17) is 5.11 Å². The van der Waals surface area contributed by atoms with Gasteiger partial charge in [0.1, 0.15) is 5.78 Å². The van der Waals surface area contributed by atoms with E-state index in [2.05, 4.69) is 0 Å². The summed E-state index contributed by atoms with van der Waals surface area (Å²) in [5.41, 5.74) is 0. The van der Waals surface area contributed by atoms with Crippen molar-refractivity contribution in [1.82, 2.24) is 0 Å². The van der Waals surface area contributed by atoms with E-state index in [-0.39, 0.29) is 17.4 Å². The fourth-order valence-electron chi connectivity index (χ4n) is 0. The van der Waals surface area contributed by atoms with Crippen LogP contribution in [0.2, 0.25) is 0 Å². The minimum Gasteiger partial charge on any atom is -0.412 e. The first kappa shape index (κ1) is 15.8. The number of ketones is 1. The van der Waals surface area contributed by atoms with Crippen LogP contribution in [0, 0.1) is 0 Å². The molecule has 0 saturated carbocycles. The van der Waals surface area contributed by atoms with Gasteiger partial charge in [-0.05, 0) is 27.7 Å². The van der Waals surface area contributed by atoms with E-state index in [1.165, 1.54) is 13.8 Å². The van der Waals surface area contributed by atoms with Crippen LogP contribution in [0.15, 0.2) is 0 Å². The maximum absolute atomic E-state index is 9.44. The standard InChI is InChI=1S/C3H8O.C3H6O.H2O/c2*1-3(2)4;/h3-4H,1-2H3;1-2H3;1H2. The van der Waals surface area contributed by atoms with Gasteiger partial charge in [-0.1, -0.05) is 0 Å². The molecule has 0 rings (SSSR count). The predicted molar refractivity (Wildman–Crippen MR) is 37.3 cm³/mol. The summed E-state index contributed by atoms with van der Waals surface area (Å²) >= 11 is 0. The summed E-state index contributed by atoms with van der Waals surface area (Å²) in [7, 11) is 0. The predicted octanol–water partition coefficient (Wildman–Crippen LogP) is 0.158. The van der Waals surface area contributed by atoms with Gasteiger partial charge in [-0.15, -0.1) is 0 Å². The van der Waals surface area contributed by atoms with Gasteiger partial charge in [-0.25, -0.2) is 0 Å². The Bertz CT molecular complexity index is 52.6. The van der Waals surface area contributed by atoms with Crippen LogP contribution in [0.4, 0.5) is 0 Å². The lowest BCUT2D eigenvalue weighted by Crippen LogP contribution is -1.85. The Hall–Kier alpha value is -0.410. The number of Topliss-reactive ketones (excluding diaryl/α,β-unsaturated/α-hetero) is 1. The van der Waals surface area contributed by atoms with Gasteiger partial charge in [0.2, 0.25) is 0 Å². The Morgan fingerprint density at radius 3 is 1.33 bits per heavy atom. The molecule has 0 unspecified atom stereocenters. The monoisotopic (exact) mass is 136 g/mol. The van der Waals surface area contributed by atoms with Crippen LogP contribution in [0.3, 0.4) is 0 Å². The summed E-state index contributed by atoms with van der Waals surface area (Å²) in [6.07, 6.45) is -0.167. The summed E-state index contributed by atoms with van der Waals surface area (Å²) < 4.78 is 0. The minimum atomic E-state index is -0.167. The highest BCUT2D eigenvalue weighted by atomic mass is 16.3. The van der Waals surface area contributed by atoms with E-state index in [9.17, 15) is 4.79 Å². The summed E-state index contributed by atoms with van der Waals surface area (Å²) in [6, 6.07) is 0. The van der Waals surface area contributed by atoms with Gasteiger partial charge >= 0.3 is 0 Å². The van der Waals surface area contributed by atoms with Crippen LogP contribution in [-0.2, 0) is 4.79 Å². The van der Waals surface area contributed by atoms with E-state index in [1.807, 2.05) is 0 Å². The number of carbonyl (C=O) groups excluding carboxylic acids is 1. The topological polar surface area (TPSA) is 68.8 Å². The third-order valence-corrected chi connectivity index (χ3v) is 0. The molecule has 3 nitrogen and oxygen atoms in total. The maximum atomic E-state index is 9.44. The highest BCUT2D eigenvalue weighted by molar-refractivity contribution is 5.72. The third kappa shape index (κ3) is 1410. The quantitative estimate of drug-likeness (QED) is 0.515. The lowest BCUT2D eigenvalue weighted by molar-refractivity contribution is -0.114. The van der Waals surface area contributed by atoms with Crippen molar-refractivity contribution in [2.45, 2.75) is 33.8 Å². The van der Waals surface area contributed by atoms with E-state index in [0.717, 1.165) is 0 Å². The van der Waals surface area contributed by atoms with Crippen molar-refractivity contribution >= 4 is 5.78 Å². The molecule has 0 aromatic carbocycles. The van der Waals surface area contributed by atoms with Gasteiger partial charge in [-0.3, -0.25) is 0 Å². The average Bonchev–Trinajstić information content (AvgIpc) is 1.25. The Morgan fingerprint density at radius 2 is 1.33 bits per heavy atom. The van der Waals surface area contributed by atoms with E-state index >= 15 is 0 Å². The SMILES string of the molecule is CC(C)=O.CC(C)O.O. The van der Waals surface area contributed by atoms with Gasteiger partial charge in [0, 0.05) is 6.10 Å². The summed E-state index contributed by atoms with van der Waals surface area (Å²) in [5, 5.41) is 8.06. The molecule has 0 aliphatic rings. The zero-order valence-electron chi connectivity index (χ0n) is 6.43. The largest absolute Gasteiger partial charge is 0.412 e. The Morgan fingerprint density at radius 1 is 1.33 bits per heavy atom. The molecule has 0 spiro atoms. The third-order valence-electron chi connectivity index (χ3n) is 0. The fourth-order valence-corrected chi connectivity index (χ4v) is 0. The average molecular weight is 136 g/mol. The van der Waals surface area contributed by atoms with Crippen LogP contribution in [-0.4, -0.2) is 22.5 Å². The molecule has 0 radical (unpaired) electrons. The second kappa shape index (κ2) is 10.5. The zero-order chi connectivity index (χ0) is 7.15. The highest BCUT2D eigenvalue weighted by Crippen LogP contribution is 1.65. The number of aliphatic hydroxyl groups excluding tert-OH is 1. The van der Waals surface area contributed by atoms with Crippen LogP contribution in [0.1, 0.15) is 27.7 Å². The molecule has 0 fully saturated rings. The molecule has 0 bridgehead atoms. The van der Waals surface area contributed by atoms with Gasteiger partial charge < -0.3 is 15.4 Å². The first-order chi connectivity index (χ1) is 3.46. The summed E-state index contributed by atoms with van der Waals surface area (Å²) in [4.78, 5) is 9.44. The van der Waals surface area contributed by atoms with Gasteiger partial charge in [0.05, 0.1) is 0 Å². The van der Waals surface area contributed by atoms with Gasteiger partial charge in [0.15, 0.2) is 0 Å². The molecule has 3 heteroatoms. The molecule has 0 heterocycles. The number of aliphatic hydroxyl groups is 1. The van der Waals surface area contributed by atoms with Crippen LogP contribution < -0.4 is 0 Å². The van der Waals surface area contributed by atoms with Crippen LogP contribution >= 0.6 is 0 Å². The normalized spacial score (nSPS) is 6.89. The molecule has 0 aliphatic heterocycles. The molecular formula is C6H16O3. The molecule has 0 saturated heterocycles. The second-order valence-electron chi connectivity index (χ2n) is 2.00. The minimum absolute atomic E-state index is 0. The highest BCUT2D eigenvalue weighted by Gasteiger charge is 1.69. The fraction of sp³-hybridized carbons (Fsp3) is 0.833. The number of hydrogen-bond acceptors (Lipinski definition) is 2. The zero-order valence-corrected chi connectivity index (χ0v) is 6.43. The first-order valence-corrected chi connectivity index (χ1v) is 2.62. The molecule has 9 heavy (non-hydrogen) atoms. The Balaban J connectivity index is -0.0000000720. The van der Waals surface area contributed by atoms with Crippen molar-refractivity contribution in [2.75, 3.05) is 0 Å². The molecule has 0 aromatic rings. The molecule has 0 aromatic heterocycles. The lowest BCUT2D eigenvalue weighted by atomic mass is 10.5. The van der Waals surface area contributed by atoms with Crippen molar-refractivity contribution in [1.29, 1.82) is 0 Å². The van der Waals surface area contributed by atoms with Crippen molar-refractivity contribution in [2.24, 2.45) is 0 Å². The van der Waals surface area contributed by atoms with Crippen molar-refractivity contribution in [3.63, 3.8) is 0 Å². The van der Waals surface area contributed by atoms with E-state index in [0.29, 0.717) is 0 Å². The second-order valence-corrected chi connectivity index (χ2v) is 2.00. The molecule has 0 amide bonds. The number of rotatable bonds is 0. The Kier molecular flexibility index (Phi) is 18.6. The smallest absolute Gasteiger partial charge is 0.126 e.